The minimum atomic E-state index is -0.117. The maximum Gasteiger partial charge on any atom is 0.278 e. The molecule has 112 valence electrons. The standard InChI is InChI=1S/C15H23BrN2O2/c1-9(2)17-15(19)11(4)18-10(3)12-6-7-14(20-5)13(16)8-12/h6-11,18H,1-5H3,(H,17,19)/p+1/t10-,11-/m1/s1. The lowest BCUT2D eigenvalue weighted by atomic mass is 10.1. The lowest BCUT2D eigenvalue weighted by molar-refractivity contribution is -0.710. The van der Waals surface area contributed by atoms with E-state index < -0.39 is 0 Å². The van der Waals surface area contributed by atoms with Crippen LogP contribution in [0.5, 0.6) is 5.75 Å². The van der Waals surface area contributed by atoms with E-state index >= 15 is 0 Å². The molecule has 3 N–H and O–H groups in total. The predicted octanol–water partition coefficient (Wildman–Crippen LogP) is 2.00. The van der Waals surface area contributed by atoms with Crippen molar-refractivity contribution in [2.75, 3.05) is 7.11 Å². The Morgan fingerprint density at radius 1 is 1.30 bits per heavy atom. The molecule has 0 aliphatic rings. The number of nitrogens with two attached hydrogens (primary N) is 1. The number of nitrogens with one attached hydrogen (secondary N) is 1. The molecule has 0 aliphatic carbocycles. The number of benzene rings is 1. The van der Waals surface area contributed by atoms with E-state index in [1.54, 1.807) is 7.11 Å². The zero-order valence-electron chi connectivity index (χ0n) is 12.7. The second-order valence-electron chi connectivity index (χ2n) is 5.33. The van der Waals surface area contributed by atoms with Crippen LogP contribution in [0, 0.1) is 0 Å². The molecule has 0 aromatic heterocycles. The van der Waals surface area contributed by atoms with Gasteiger partial charge in [-0.15, -0.1) is 0 Å². The number of rotatable bonds is 6. The van der Waals surface area contributed by atoms with Gasteiger partial charge < -0.3 is 15.4 Å². The number of hydrogen-bond acceptors (Lipinski definition) is 2. The fraction of sp³-hybridized carbons (Fsp3) is 0.533. The third kappa shape index (κ3) is 4.80. The van der Waals surface area contributed by atoms with Crippen LogP contribution in [0.4, 0.5) is 0 Å². The van der Waals surface area contributed by atoms with E-state index in [4.69, 9.17) is 4.74 Å². The van der Waals surface area contributed by atoms with Crippen LogP contribution < -0.4 is 15.4 Å². The van der Waals surface area contributed by atoms with Gasteiger partial charge in [-0.1, -0.05) is 0 Å². The Morgan fingerprint density at radius 3 is 2.45 bits per heavy atom. The van der Waals surface area contributed by atoms with Crippen molar-refractivity contribution in [3.8, 4) is 5.75 Å². The fourth-order valence-corrected chi connectivity index (χ4v) is 2.57. The van der Waals surface area contributed by atoms with Gasteiger partial charge in [0.15, 0.2) is 6.04 Å². The maximum atomic E-state index is 11.9. The van der Waals surface area contributed by atoms with E-state index in [1.807, 2.05) is 39.0 Å². The number of methoxy groups -OCH3 is 1. The van der Waals surface area contributed by atoms with Crippen LogP contribution in [-0.4, -0.2) is 25.1 Å². The molecule has 1 rings (SSSR count). The number of hydrogen-bond donors (Lipinski definition) is 2. The molecule has 1 aromatic rings. The topological polar surface area (TPSA) is 54.9 Å². The summed E-state index contributed by atoms with van der Waals surface area (Å²) in [5.74, 6) is 0.881. The van der Waals surface area contributed by atoms with Crippen molar-refractivity contribution < 1.29 is 14.8 Å². The Kier molecular flexibility index (Phi) is 6.49. The summed E-state index contributed by atoms with van der Waals surface area (Å²) < 4.78 is 6.15. The molecular formula is C15H24BrN2O2+. The van der Waals surface area contributed by atoms with Crippen molar-refractivity contribution >= 4 is 21.8 Å². The van der Waals surface area contributed by atoms with Gasteiger partial charge in [0, 0.05) is 11.6 Å². The third-order valence-electron chi connectivity index (χ3n) is 3.12. The van der Waals surface area contributed by atoms with Gasteiger partial charge in [-0.3, -0.25) is 4.79 Å². The molecule has 0 bridgehead atoms. The molecule has 0 radical (unpaired) electrons. The van der Waals surface area contributed by atoms with Crippen LogP contribution in [-0.2, 0) is 4.79 Å². The second-order valence-corrected chi connectivity index (χ2v) is 6.18. The predicted molar refractivity (Wildman–Crippen MR) is 83.8 cm³/mol. The highest BCUT2D eigenvalue weighted by Gasteiger charge is 2.21. The average Bonchev–Trinajstić information content (AvgIpc) is 2.37. The molecule has 2 atom stereocenters. The van der Waals surface area contributed by atoms with Gasteiger partial charge in [0.1, 0.15) is 11.8 Å². The molecule has 0 aliphatic heterocycles. The normalized spacial score (nSPS) is 13.9. The Labute approximate surface area is 129 Å². The Morgan fingerprint density at radius 2 is 1.95 bits per heavy atom. The second kappa shape index (κ2) is 7.64. The minimum Gasteiger partial charge on any atom is -0.496 e. The summed E-state index contributed by atoms with van der Waals surface area (Å²) in [4.78, 5) is 11.9. The summed E-state index contributed by atoms with van der Waals surface area (Å²) >= 11 is 3.49. The fourth-order valence-electron chi connectivity index (χ4n) is 2.01. The van der Waals surface area contributed by atoms with E-state index in [2.05, 4.69) is 33.5 Å². The Balaban J connectivity index is 2.68. The summed E-state index contributed by atoms with van der Waals surface area (Å²) in [6, 6.07) is 6.25. The average molecular weight is 344 g/mol. The largest absolute Gasteiger partial charge is 0.496 e. The summed E-state index contributed by atoms with van der Waals surface area (Å²) in [7, 11) is 1.65. The molecular weight excluding hydrogens is 320 g/mol. The maximum absolute atomic E-state index is 11.9. The van der Waals surface area contributed by atoms with Gasteiger partial charge in [0.2, 0.25) is 0 Å². The number of ether oxygens (including phenoxy) is 1. The lowest BCUT2D eigenvalue weighted by Gasteiger charge is -2.18. The molecule has 5 heteroatoms. The minimum absolute atomic E-state index is 0.0689. The van der Waals surface area contributed by atoms with Crippen LogP contribution in [0.15, 0.2) is 22.7 Å². The molecule has 0 saturated carbocycles. The number of carbonyl (C=O) groups is 1. The smallest absolute Gasteiger partial charge is 0.278 e. The molecule has 1 amide bonds. The van der Waals surface area contributed by atoms with Crippen LogP contribution in [0.25, 0.3) is 0 Å². The molecule has 20 heavy (non-hydrogen) atoms. The highest BCUT2D eigenvalue weighted by Crippen LogP contribution is 2.27. The number of amides is 1. The van der Waals surface area contributed by atoms with Crippen LogP contribution in [0.2, 0.25) is 0 Å². The zero-order valence-corrected chi connectivity index (χ0v) is 14.3. The number of quaternary nitrogens is 1. The molecule has 0 saturated heterocycles. The van der Waals surface area contributed by atoms with Crippen molar-refractivity contribution in [3.05, 3.63) is 28.2 Å². The summed E-state index contributed by atoms with van der Waals surface area (Å²) in [5.41, 5.74) is 1.15. The first-order valence-corrected chi connectivity index (χ1v) is 7.63. The quantitative estimate of drug-likeness (QED) is 0.829. The van der Waals surface area contributed by atoms with Crippen molar-refractivity contribution in [1.82, 2.24) is 5.32 Å². The van der Waals surface area contributed by atoms with Gasteiger partial charge in [0.05, 0.1) is 11.6 Å². The molecule has 0 heterocycles. The van der Waals surface area contributed by atoms with Crippen molar-refractivity contribution in [2.24, 2.45) is 0 Å². The first-order valence-electron chi connectivity index (χ1n) is 6.84. The summed E-state index contributed by atoms with van der Waals surface area (Å²) in [6.45, 7) is 7.95. The van der Waals surface area contributed by atoms with Crippen molar-refractivity contribution in [2.45, 2.75) is 45.8 Å². The summed E-state index contributed by atoms with van der Waals surface area (Å²) in [5, 5.41) is 4.99. The van der Waals surface area contributed by atoms with Gasteiger partial charge in [-0.05, 0) is 61.8 Å². The number of halogens is 1. The van der Waals surface area contributed by atoms with Crippen LogP contribution in [0.3, 0.4) is 0 Å². The third-order valence-corrected chi connectivity index (χ3v) is 3.74. The van der Waals surface area contributed by atoms with E-state index in [-0.39, 0.29) is 24.0 Å². The van der Waals surface area contributed by atoms with E-state index in [9.17, 15) is 4.79 Å². The molecule has 4 nitrogen and oxygen atoms in total. The van der Waals surface area contributed by atoms with E-state index in [0.717, 1.165) is 15.8 Å². The Hall–Kier alpha value is -1.07. The van der Waals surface area contributed by atoms with Crippen LogP contribution >= 0.6 is 15.9 Å². The molecule has 0 spiro atoms. The monoisotopic (exact) mass is 343 g/mol. The Bertz CT molecular complexity index is 463. The first kappa shape index (κ1) is 17.0. The van der Waals surface area contributed by atoms with Crippen molar-refractivity contribution in [1.29, 1.82) is 0 Å². The van der Waals surface area contributed by atoms with E-state index in [1.165, 1.54) is 0 Å². The molecule has 1 aromatic carbocycles. The van der Waals surface area contributed by atoms with Gasteiger partial charge in [0.25, 0.3) is 5.91 Å². The van der Waals surface area contributed by atoms with Crippen LogP contribution in [0.1, 0.15) is 39.3 Å². The van der Waals surface area contributed by atoms with Crippen molar-refractivity contribution in [3.63, 3.8) is 0 Å². The first-order chi connectivity index (χ1) is 9.35. The van der Waals surface area contributed by atoms with Gasteiger partial charge in [-0.2, -0.15) is 0 Å². The highest BCUT2D eigenvalue weighted by atomic mass is 79.9. The summed E-state index contributed by atoms with van der Waals surface area (Å²) in [6.07, 6.45) is 0. The van der Waals surface area contributed by atoms with Gasteiger partial charge in [-0.25, -0.2) is 0 Å². The molecule has 0 fully saturated rings. The number of carbonyl (C=O) groups excluding carboxylic acids is 1. The SMILES string of the molecule is COc1ccc([C@@H](C)[NH2+][C@H](C)C(=O)NC(C)C)cc1Br. The lowest BCUT2D eigenvalue weighted by Crippen LogP contribution is -2.92. The highest BCUT2D eigenvalue weighted by molar-refractivity contribution is 9.10. The van der Waals surface area contributed by atoms with E-state index in [0.29, 0.717) is 0 Å². The zero-order chi connectivity index (χ0) is 15.3. The molecule has 0 unspecified atom stereocenters. The van der Waals surface area contributed by atoms with Gasteiger partial charge >= 0.3 is 0 Å².